The zero-order valence-corrected chi connectivity index (χ0v) is 12.7. The molecule has 0 spiro atoms. The molecule has 1 atom stereocenters. The van der Waals surface area contributed by atoms with E-state index in [9.17, 15) is 9.59 Å². The van der Waals surface area contributed by atoms with Crippen molar-refractivity contribution in [2.24, 2.45) is 5.73 Å². The van der Waals surface area contributed by atoms with Crippen molar-refractivity contribution in [3.05, 3.63) is 69.2 Å². The molecule has 0 aromatic heterocycles. The van der Waals surface area contributed by atoms with E-state index in [-0.39, 0.29) is 0 Å². The van der Waals surface area contributed by atoms with Gasteiger partial charge in [0.15, 0.2) is 11.6 Å². The van der Waals surface area contributed by atoms with Gasteiger partial charge in [-0.2, -0.15) is 0 Å². The minimum absolute atomic E-state index is 0.368. The van der Waals surface area contributed by atoms with E-state index in [0.717, 1.165) is 4.47 Å². The predicted molar refractivity (Wildman–Crippen MR) is 82.2 cm³/mol. The number of rotatable bonds is 4. The quantitative estimate of drug-likeness (QED) is 0.677. The Balaban J connectivity index is 2.20. The van der Waals surface area contributed by atoms with Crippen LogP contribution < -0.4 is 5.73 Å². The lowest BCUT2D eigenvalue weighted by Crippen LogP contribution is -2.38. The average molecular weight is 353 g/mol. The lowest BCUT2D eigenvalue weighted by Gasteiger charge is -2.10. The number of hydrogen-bond donors (Lipinski definition) is 1. The number of ketones is 2. The van der Waals surface area contributed by atoms with Crippen molar-refractivity contribution in [3.8, 4) is 0 Å². The number of nitrogens with two attached hydrogens (primary N) is 1. The molecule has 5 heteroatoms. The van der Waals surface area contributed by atoms with Gasteiger partial charge in [0.1, 0.15) is 6.04 Å². The van der Waals surface area contributed by atoms with Gasteiger partial charge >= 0.3 is 0 Å². The first kappa shape index (κ1) is 14.9. The molecule has 0 saturated carbocycles. The summed E-state index contributed by atoms with van der Waals surface area (Å²) in [5, 5.41) is 0.523. The highest BCUT2D eigenvalue weighted by Crippen LogP contribution is 2.15. The molecule has 2 rings (SSSR count). The van der Waals surface area contributed by atoms with Crippen molar-refractivity contribution in [1.29, 1.82) is 0 Å². The van der Waals surface area contributed by atoms with Crippen LogP contribution in [0.1, 0.15) is 20.7 Å². The Hall–Kier alpha value is -1.49. The first-order valence-electron chi connectivity index (χ1n) is 5.84. The Morgan fingerprint density at radius 1 is 0.900 bits per heavy atom. The van der Waals surface area contributed by atoms with Crippen LogP contribution in [0.15, 0.2) is 53.0 Å². The lowest BCUT2D eigenvalue weighted by atomic mass is 9.97. The van der Waals surface area contributed by atoms with Gasteiger partial charge in [-0.25, -0.2) is 0 Å². The molecule has 0 saturated heterocycles. The maximum absolute atomic E-state index is 12.2. The molecule has 1 unspecified atom stereocenters. The molecule has 0 aliphatic carbocycles. The molecule has 0 amide bonds. The van der Waals surface area contributed by atoms with Gasteiger partial charge in [-0.15, -0.1) is 0 Å². The number of halogens is 2. The topological polar surface area (TPSA) is 60.2 Å². The number of Topliss-reactive ketones (excluding diaryl/α,β-unsaturated/α-hetero) is 2. The molecule has 0 heterocycles. The van der Waals surface area contributed by atoms with E-state index < -0.39 is 17.6 Å². The van der Waals surface area contributed by atoms with Crippen molar-refractivity contribution in [2.45, 2.75) is 6.04 Å². The molecule has 0 radical (unpaired) electrons. The lowest BCUT2D eigenvalue weighted by molar-refractivity contribution is 0.0863. The Kier molecular flexibility index (Phi) is 4.70. The predicted octanol–water partition coefficient (Wildman–Crippen LogP) is 3.50. The smallest absolute Gasteiger partial charge is 0.187 e. The highest BCUT2D eigenvalue weighted by molar-refractivity contribution is 9.10. The van der Waals surface area contributed by atoms with Crippen LogP contribution in [0.5, 0.6) is 0 Å². The molecule has 0 aliphatic heterocycles. The molecule has 0 aliphatic rings. The van der Waals surface area contributed by atoms with Crippen LogP contribution in [0.4, 0.5) is 0 Å². The Morgan fingerprint density at radius 3 is 1.75 bits per heavy atom. The zero-order valence-electron chi connectivity index (χ0n) is 10.3. The highest BCUT2D eigenvalue weighted by Gasteiger charge is 2.24. The average Bonchev–Trinajstić information content (AvgIpc) is 2.46. The third-order valence-electron chi connectivity index (χ3n) is 2.82. The molecule has 2 aromatic rings. The fourth-order valence-electron chi connectivity index (χ4n) is 1.71. The fourth-order valence-corrected chi connectivity index (χ4v) is 2.10. The Bertz CT molecular complexity index is 580. The Morgan fingerprint density at radius 2 is 1.30 bits per heavy atom. The van der Waals surface area contributed by atoms with E-state index in [0.29, 0.717) is 16.1 Å². The van der Waals surface area contributed by atoms with Crippen LogP contribution in [0, 0.1) is 0 Å². The summed E-state index contributed by atoms with van der Waals surface area (Å²) in [6, 6.07) is 11.8. The van der Waals surface area contributed by atoms with Gasteiger partial charge < -0.3 is 5.73 Å². The monoisotopic (exact) mass is 351 g/mol. The van der Waals surface area contributed by atoms with Crippen LogP contribution >= 0.6 is 27.5 Å². The number of carbonyl (C=O) groups is 2. The molecule has 102 valence electrons. The van der Waals surface area contributed by atoms with E-state index in [4.69, 9.17) is 17.3 Å². The van der Waals surface area contributed by atoms with Crippen molar-refractivity contribution >= 4 is 39.1 Å². The summed E-state index contributed by atoms with van der Waals surface area (Å²) in [7, 11) is 0. The second kappa shape index (κ2) is 6.31. The van der Waals surface area contributed by atoms with Crippen molar-refractivity contribution in [2.75, 3.05) is 0 Å². The molecular formula is C15H11BrClNO2. The van der Waals surface area contributed by atoms with E-state index in [1.54, 1.807) is 48.5 Å². The first-order chi connectivity index (χ1) is 9.49. The van der Waals surface area contributed by atoms with Gasteiger partial charge in [-0.05, 0) is 36.4 Å². The third kappa shape index (κ3) is 3.33. The SMILES string of the molecule is NC(C(=O)c1ccc(Cl)cc1)C(=O)c1ccc(Br)cc1. The van der Waals surface area contributed by atoms with Crippen molar-refractivity contribution in [1.82, 2.24) is 0 Å². The number of carbonyl (C=O) groups excluding carboxylic acids is 2. The number of benzene rings is 2. The summed E-state index contributed by atoms with van der Waals surface area (Å²) < 4.78 is 0.853. The third-order valence-corrected chi connectivity index (χ3v) is 3.60. The summed E-state index contributed by atoms with van der Waals surface area (Å²) in [6.07, 6.45) is 0. The summed E-state index contributed by atoms with van der Waals surface area (Å²) in [5.74, 6) is -0.827. The van der Waals surface area contributed by atoms with Crippen molar-refractivity contribution in [3.63, 3.8) is 0 Å². The van der Waals surface area contributed by atoms with E-state index in [2.05, 4.69) is 15.9 Å². The second-order valence-electron chi connectivity index (χ2n) is 4.22. The fraction of sp³-hybridized carbons (Fsp3) is 0.0667. The van der Waals surface area contributed by atoms with Gasteiger partial charge in [0.05, 0.1) is 0 Å². The molecule has 2 aromatic carbocycles. The maximum Gasteiger partial charge on any atom is 0.187 e. The largest absolute Gasteiger partial charge is 0.315 e. The molecule has 3 nitrogen and oxygen atoms in total. The van der Waals surface area contributed by atoms with Crippen molar-refractivity contribution < 1.29 is 9.59 Å². The minimum Gasteiger partial charge on any atom is -0.315 e. The van der Waals surface area contributed by atoms with Crippen LogP contribution in [-0.2, 0) is 0 Å². The van der Waals surface area contributed by atoms with Gasteiger partial charge in [0.25, 0.3) is 0 Å². The minimum atomic E-state index is -1.21. The summed E-state index contributed by atoms with van der Waals surface area (Å²) in [6.45, 7) is 0. The summed E-state index contributed by atoms with van der Waals surface area (Å²) in [4.78, 5) is 24.3. The van der Waals surface area contributed by atoms with Crippen LogP contribution in [0.25, 0.3) is 0 Å². The maximum atomic E-state index is 12.2. The number of hydrogen-bond acceptors (Lipinski definition) is 3. The molecule has 0 bridgehead atoms. The zero-order chi connectivity index (χ0) is 14.7. The van der Waals surface area contributed by atoms with Gasteiger partial charge in [0, 0.05) is 20.6 Å². The molecule has 20 heavy (non-hydrogen) atoms. The summed E-state index contributed by atoms with van der Waals surface area (Å²) >= 11 is 9.04. The van der Waals surface area contributed by atoms with Crippen LogP contribution in [0.3, 0.4) is 0 Å². The van der Waals surface area contributed by atoms with Crippen LogP contribution in [-0.4, -0.2) is 17.6 Å². The molecule has 2 N–H and O–H groups in total. The van der Waals surface area contributed by atoms with E-state index in [1.807, 2.05) is 0 Å². The second-order valence-corrected chi connectivity index (χ2v) is 5.57. The molecular weight excluding hydrogens is 342 g/mol. The highest BCUT2D eigenvalue weighted by atomic mass is 79.9. The van der Waals surface area contributed by atoms with E-state index in [1.165, 1.54) is 0 Å². The summed E-state index contributed by atoms with van der Waals surface area (Å²) in [5.41, 5.74) is 6.53. The Labute approximate surface area is 129 Å². The normalized spacial score (nSPS) is 11.9. The van der Waals surface area contributed by atoms with Gasteiger partial charge in [-0.1, -0.05) is 39.7 Å². The van der Waals surface area contributed by atoms with E-state index >= 15 is 0 Å². The van der Waals surface area contributed by atoms with Gasteiger partial charge in [0.2, 0.25) is 0 Å². The first-order valence-corrected chi connectivity index (χ1v) is 7.01. The van der Waals surface area contributed by atoms with Crippen LogP contribution in [0.2, 0.25) is 5.02 Å². The van der Waals surface area contributed by atoms with Gasteiger partial charge in [-0.3, -0.25) is 9.59 Å². The standard InChI is InChI=1S/C15H11BrClNO2/c16-11-5-1-9(2-6-11)14(19)13(18)15(20)10-3-7-12(17)8-4-10/h1-8,13H,18H2. The molecule has 0 fully saturated rings.